The van der Waals surface area contributed by atoms with Crippen molar-refractivity contribution in [2.24, 2.45) is 11.3 Å². The van der Waals surface area contributed by atoms with Crippen LogP contribution in [0.1, 0.15) is 64.2 Å². The zero-order valence-electron chi connectivity index (χ0n) is 14.4. The van der Waals surface area contributed by atoms with E-state index in [4.69, 9.17) is 0 Å². The van der Waals surface area contributed by atoms with Gasteiger partial charge in [-0.2, -0.15) is 0 Å². The Balaban J connectivity index is 0.00000192. The van der Waals surface area contributed by atoms with Gasteiger partial charge < -0.3 is 4.90 Å². The van der Waals surface area contributed by atoms with Gasteiger partial charge in [-0.15, -0.1) is 12.4 Å². The molecule has 1 aliphatic carbocycles. The summed E-state index contributed by atoms with van der Waals surface area (Å²) in [6, 6.07) is 0. The number of rotatable bonds is 4. The van der Waals surface area contributed by atoms with Crippen molar-refractivity contribution >= 4 is 24.2 Å². The summed E-state index contributed by atoms with van der Waals surface area (Å²) in [7, 11) is 1.68. The van der Waals surface area contributed by atoms with Crippen LogP contribution in [-0.4, -0.2) is 48.3 Å². The van der Waals surface area contributed by atoms with Crippen molar-refractivity contribution in [2.75, 3.05) is 26.7 Å². The molecule has 5 heteroatoms. The van der Waals surface area contributed by atoms with Crippen LogP contribution in [0.25, 0.3) is 0 Å². The Bertz CT molecular complexity index is 431. The molecule has 1 unspecified atom stereocenters. The highest BCUT2D eigenvalue weighted by Crippen LogP contribution is 2.48. The lowest BCUT2D eigenvalue weighted by molar-refractivity contribution is -0.142. The van der Waals surface area contributed by atoms with E-state index in [1.165, 1.54) is 56.5 Å². The molecule has 0 spiro atoms. The first-order valence-electron chi connectivity index (χ1n) is 9.17. The summed E-state index contributed by atoms with van der Waals surface area (Å²) in [5, 5.41) is 0. The third-order valence-electron chi connectivity index (χ3n) is 6.28. The SMILES string of the molecule is CN1C(=O)CC(CCN2CCCCC2)(C2CCCCC2)C1=O.Cl. The number of imide groups is 1. The lowest BCUT2D eigenvalue weighted by Crippen LogP contribution is -2.43. The van der Waals surface area contributed by atoms with Gasteiger partial charge >= 0.3 is 0 Å². The van der Waals surface area contributed by atoms with Crippen LogP contribution in [0.3, 0.4) is 0 Å². The molecule has 1 atom stereocenters. The summed E-state index contributed by atoms with van der Waals surface area (Å²) in [6.45, 7) is 3.32. The van der Waals surface area contributed by atoms with Gasteiger partial charge in [0.15, 0.2) is 0 Å². The molecule has 2 aliphatic heterocycles. The second kappa shape index (κ2) is 7.98. The van der Waals surface area contributed by atoms with E-state index >= 15 is 0 Å². The highest BCUT2D eigenvalue weighted by Gasteiger charge is 2.54. The van der Waals surface area contributed by atoms with E-state index in [-0.39, 0.29) is 29.6 Å². The van der Waals surface area contributed by atoms with Gasteiger partial charge in [0, 0.05) is 13.5 Å². The van der Waals surface area contributed by atoms with Crippen molar-refractivity contribution in [3.8, 4) is 0 Å². The number of hydrogen-bond donors (Lipinski definition) is 0. The highest BCUT2D eigenvalue weighted by molar-refractivity contribution is 6.05. The lowest BCUT2D eigenvalue weighted by atomic mass is 9.65. The molecule has 0 N–H and O–H groups in total. The van der Waals surface area contributed by atoms with Crippen LogP contribution >= 0.6 is 12.4 Å². The molecule has 3 rings (SSSR count). The summed E-state index contributed by atoms with van der Waals surface area (Å²) in [4.78, 5) is 29.0. The van der Waals surface area contributed by atoms with Crippen LogP contribution in [0.15, 0.2) is 0 Å². The Morgan fingerprint density at radius 1 is 1.00 bits per heavy atom. The topological polar surface area (TPSA) is 40.6 Å². The van der Waals surface area contributed by atoms with Crippen molar-refractivity contribution < 1.29 is 9.59 Å². The third kappa shape index (κ3) is 3.74. The fourth-order valence-corrected chi connectivity index (χ4v) is 4.83. The number of amides is 2. The maximum absolute atomic E-state index is 12.9. The number of carbonyl (C=O) groups is 2. The quantitative estimate of drug-likeness (QED) is 0.736. The second-order valence-corrected chi connectivity index (χ2v) is 7.58. The molecule has 2 heterocycles. The van der Waals surface area contributed by atoms with Crippen molar-refractivity contribution in [3.05, 3.63) is 0 Å². The van der Waals surface area contributed by atoms with Gasteiger partial charge in [-0.3, -0.25) is 14.5 Å². The summed E-state index contributed by atoms with van der Waals surface area (Å²) in [5.74, 6) is 0.572. The molecule has 0 radical (unpaired) electrons. The van der Waals surface area contributed by atoms with Crippen LogP contribution < -0.4 is 0 Å². The van der Waals surface area contributed by atoms with E-state index < -0.39 is 0 Å². The fourth-order valence-electron chi connectivity index (χ4n) is 4.83. The van der Waals surface area contributed by atoms with Crippen LogP contribution in [-0.2, 0) is 9.59 Å². The molecule has 1 saturated carbocycles. The third-order valence-corrected chi connectivity index (χ3v) is 6.28. The lowest BCUT2D eigenvalue weighted by Gasteiger charge is -2.39. The molecule has 0 aromatic rings. The Hall–Kier alpha value is -0.610. The Kier molecular flexibility index (Phi) is 6.49. The summed E-state index contributed by atoms with van der Waals surface area (Å²) in [5.41, 5.74) is -0.385. The standard InChI is InChI=1S/C18H30N2O2.ClH/c1-19-16(21)14-18(17(19)22,15-8-4-2-5-9-15)10-13-20-11-6-3-7-12-20;/h15H,2-14H2,1H3;1H. The van der Waals surface area contributed by atoms with E-state index in [2.05, 4.69) is 4.90 Å². The van der Waals surface area contributed by atoms with Crippen molar-refractivity contribution in [1.29, 1.82) is 0 Å². The highest BCUT2D eigenvalue weighted by atomic mass is 35.5. The molecule has 0 aromatic carbocycles. The van der Waals surface area contributed by atoms with Crippen molar-refractivity contribution in [2.45, 2.75) is 64.2 Å². The predicted octanol–water partition coefficient (Wildman–Crippen LogP) is 3.24. The summed E-state index contributed by atoms with van der Waals surface area (Å²) in [6.07, 6.45) is 11.2. The molecule has 0 aromatic heterocycles. The second-order valence-electron chi connectivity index (χ2n) is 7.58. The van der Waals surface area contributed by atoms with Crippen LogP contribution in [0, 0.1) is 11.3 Å². The number of halogens is 1. The molecular formula is C18H31ClN2O2. The normalized spacial score (nSPS) is 30.6. The Morgan fingerprint density at radius 3 is 2.17 bits per heavy atom. The largest absolute Gasteiger partial charge is 0.303 e. The average molecular weight is 343 g/mol. The molecule has 0 bridgehead atoms. The molecule has 3 aliphatic rings. The van der Waals surface area contributed by atoms with E-state index in [1.807, 2.05) is 0 Å². The molecule has 2 saturated heterocycles. The molecule has 4 nitrogen and oxygen atoms in total. The van der Waals surface area contributed by atoms with Crippen LogP contribution in [0.5, 0.6) is 0 Å². The number of hydrogen-bond acceptors (Lipinski definition) is 3. The minimum atomic E-state index is -0.385. The van der Waals surface area contributed by atoms with Gasteiger partial charge in [0.1, 0.15) is 0 Å². The smallest absolute Gasteiger partial charge is 0.235 e. The molecule has 3 fully saturated rings. The minimum Gasteiger partial charge on any atom is -0.303 e. The van der Waals surface area contributed by atoms with E-state index in [0.717, 1.165) is 25.8 Å². The first-order chi connectivity index (χ1) is 10.6. The number of nitrogens with zero attached hydrogens (tertiary/aromatic N) is 2. The van der Waals surface area contributed by atoms with Gasteiger partial charge in [-0.05, 0) is 57.7 Å². The first kappa shape index (κ1) is 18.7. The van der Waals surface area contributed by atoms with E-state index in [9.17, 15) is 9.59 Å². The van der Waals surface area contributed by atoms with Gasteiger partial charge in [0.05, 0.1) is 5.41 Å². The Morgan fingerprint density at radius 2 is 1.61 bits per heavy atom. The average Bonchev–Trinajstić information content (AvgIpc) is 2.80. The van der Waals surface area contributed by atoms with Gasteiger partial charge in [-0.25, -0.2) is 0 Å². The monoisotopic (exact) mass is 342 g/mol. The zero-order chi connectivity index (χ0) is 15.6. The van der Waals surface area contributed by atoms with Crippen molar-refractivity contribution in [1.82, 2.24) is 9.80 Å². The summed E-state index contributed by atoms with van der Waals surface area (Å²) >= 11 is 0. The van der Waals surface area contributed by atoms with E-state index in [0.29, 0.717) is 12.3 Å². The zero-order valence-corrected chi connectivity index (χ0v) is 15.2. The van der Waals surface area contributed by atoms with Gasteiger partial charge in [0.2, 0.25) is 11.8 Å². The first-order valence-corrected chi connectivity index (χ1v) is 9.17. The van der Waals surface area contributed by atoms with Gasteiger partial charge in [0.25, 0.3) is 0 Å². The van der Waals surface area contributed by atoms with Crippen LogP contribution in [0.2, 0.25) is 0 Å². The minimum absolute atomic E-state index is 0. The molecule has 23 heavy (non-hydrogen) atoms. The number of carbonyl (C=O) groups excluding carboxylic acids is 2. The van der Waals surface area contributed by atoms with Crippen LogP contribution in [0.4, 0.5) is 0 Å². The predicted molar refractivity (Wildman–Crippen MR) is 93.6 cm³/mol. The molecular weight excluding hydrogens is 312 g/mol. The van der Waals surface area contributed by atoms with Gasteiger partial charge in [-0.1, -0.05) is 25.7 Å². The number of piperidine rings is 1. The maximum atomic E-state index is 12.9. The fraction of sp³-hybridized carbons (Fsp3) is 0.889. The maximum Gasteiger partial charge on any atom is 0.235 e. The molecule has 2 amide bonds. The van der Waals surface area contributed by atoms with Crippen molar-refractivity contribution in [3.63, 3.8) is 0 Å². The van der Waals surface area contributed by atoms with E-state index in [1.54, 1.807) is 7.05 Å². The molecule has 132 valence electrons. The number of likely N-dealkylation sites (tertiary alicyclic amines) is 2. The summed E-state index contributed by atoms with van der Waals surface area (Å²) < 4.78 is 0. The Labute approximate surface area is 146 Å².